The number of para-hydroxylation sites is 2. The molecule has 0 radical (unpaired) electrons. The van der Waals surface area contributed by atoms with Crippen molar-refractivity contribution in [2.45, 2.75) is 12.5 Å². The van der Waals surface area contributed by atoms with Crippen molar-refractivity contribution in [3.8, 4) is 18.1 Å². The summed E-state index contributed by atoms with van der Waals surface area (Å²) in [5, 5.41) is 6.48. The summed E-state index contributed by atoms with van der Waals surface area (Å²) in [6, 6.07) is 8.45. The van der Waals surface area contributed by atoms with E-state index in [-0.39, 0.29) is 24.0 Å². The maximum atomic E-state index is 5.43. The van der Waals surface area contributed by atoms with Gasteiger partial charge in [0.25, 0.3) is 0 Å². The Bertz CT molecular complexity index is 541. The lowest BCUT2D eigenvalue weighted by Crippen LogP contribution is -2.44. The second kappa shape index (κ2) is 9.41. The molecule has 22 heavy (non-hydrogen) atoms. The lowest BCUT2D eigenvalue weighted by molar-refractivity contribution is 0.415. The maximum absolute atomic E-state index is 5.43. The molecule has 2 N–H and O–H groups in total. The van der Waals surface area contributed by atoms with Gasteiger partial charge in [0.15, 0.2) is 5.96 Å². The van der Waals surface area contributed by atoms with E-state index in [1.807, 2.05) is 18.2 Å². The van der Waals surface area contributed by atoms with Gasteiger partial charge in [0.2, 0.25) is 0 Å². The SMILES string of the molecule is C#CCNC(=NC)NC1CCN(c2ccccc2OC)C1.I. The number of aliphatic imine (C=N–C) groups is 1. The van der Waals surface area contributed by atoms with Crippen LogP contribution in [0.15, 0.2) is 29.3 Å². The molecular weight excluding hydrogens is 391 g/mol. The number of benzene rings is 1. The molecule has 0 bridgehead atoms. The number of guanidine groups is 1. The number of nitrogens with one attached hydrogen (secondary N) is 2. The highest BCUT2D eigenvalue weighted by Crippen LogP contribution is 2.30. The molecular formula is C16H23IN4O. The van der Waals surface area contributed by atoms with Gasteiger partial charge in [-0.15, -0.1) is 30.4 Å². The van der Waals surface area contributed by atoms with Gasteiger partial charge in [0.1, 0.15) is 5.75 Å². The minimum Gasteiger partial charge on any atom is -0.495 e. The Morgan fingerprint density at radius 1 is 1.50 bits per heavy atom. The van der Waals surface area contributed by atoms with E-state index in [0.29, 0.717) is 12.6 Å². The third-order valence-corrected chi connectivity index (χ3v) is 3.54. The monoisotopic (exact) mass is 414 g/mol. The van der Waals surface area contributed by atoms with Gasteiger partial charge in [-0.2, -0.15) is 0 Å². The Morgan fingerprint density at radius 3 is 2.95 bits per heavy atom. The second-order valence-electron chi connectivity index (χ2n) is 4.88. The molecule has 1 aliphatic rings. The van der Waals surface area contributed by atoms with Crippen LogP contribution in [0.4, 0.5) is 5.69 Å². The summed E-state index contributed by atoms with van der Waals surface area (Å²) in [4.78, 5) is 6.50. The van der Waals surface area contributed by atoms with Crippen LogP contribution in [0.5, 0.6) is 5.75 Å². The van der Waals surface area contributed by atoms with Crippen molar-refractivity contribution in [2.75, 3.05) is 38.7 Å². The molecule has 5 nitrogen and oxygen atoms in total. The first-order valence-electron chi connectivity index (χ1n) is 7.07. The number of rotatable bonds is 4. The average molecular weight is 414 g/mol. The highest BCUT2D eigenvalue weighted by atomic mass is 127. The third kappa shape index (κ3) is 4.70. The minimum absolute atomic E-state index is 0. The second-order valence-corrected chi connectivity index (χ2v) is 4.88. The summed E-state index contributed by atoms with van der Waals surface area (Å²) in [6.07, 6.45) is 6.30. The van der Waals surface area contributed by atoms with Crippen molar-refractivity contribution in [3.63, 3.8) is 0 Å². The van der Waals surface area contributed by atoms with Crippen LogP contribution < -0.4 is 20.3 Å². The van der Waals surface area contributed by atoms with Crippen LogP contribution in [0.2, 0.25) is 0 Å². The van der Waals surface area contributed by atoms with E-state index in [9.17, 15) is 0 Å². The molecule has 1 saturated heterocycles. The standard InChI is InChI=1S/C16H22N4O.HI/c1-4-10-18-16(17-2)19-13-9-11-20(12-13)14-7-5-6-8-15(14)21-3;/h1,5-8,13H,9-12H2,2-3H3,(H2,17,18,19);1H. The van der Waals surface area contributed by atoms with E-state index in [2.05, 4.69) is 32.5 Å². The zero-order valence-corrected chi connectivity index (χ0v) is 15.3. The number of ether oxygens (including phenoxy) is 1. The summed E-state index contributed by atoms with van der Waals surface area (Å²) >= 11 is 0. The molecule has 6 heteroatoms. The fourth-order valence-corrected chi connectivity index (χ4v) is 2.51. The lowest BCUT2D eigenvalue weighted by Gasteiger charge is -2.22. The molecule has 1 aromatic rings. The Labute approximate surface area is 149 Å². The number of anilines is 1. The maximum Gasteiger partial charge on any atom is 0.192 e. The molecule has 0 amide bonds. The predicted molar refractivity (Wildman–Crippen MR) is 102 cm³/mol. The Balaban J connectivity index is 0.00000242. The van der Waals surface area contributed by atoms with Gasteiger partial charge >= 0.3 is 0 Å². The molecule has 1 unspecified atom stereocenters. The Kier molecular flexibility index (Phi) is 7.88. The van der Waals surface area contributed by atoms with Crippen LogP contribution in [0.3, 0.4) is 0 Å². The number of terminal acetylenes is 1. The smallest absolute Gasteiger partial charge is 0.192 e. The van der Waals surface area contributed by atoms with Crippen LogP contribution in [-0.2, 0) is 0 Å². The first kappa shape index (κ1) is 18.4. The Morgan fingerprint density at radius 2 is 2.27 bits per heavy atom. The highest BCUT2D eigenvalue weighted by Gasteiger charge is 2.25. The van der Waals surface area contributed by atoms with E-state index in [1.54, 1.807) is 14.2 Å². The van der Waals surface area contributed by atoms with Crippen LogP contribution in [0.1, 0.15) is 6.42 Å². The summed E-state index contributed by atoms with van der Waals surface area (Å²) in [6.45, 7) is 2.38. The van der Waals surface area contributed by atoms with Crippen molar-refractivity contribution in [1.29, 1.82) is 0 Å². The third-order valence-electron chi connectivity index (χ3n) is 3.54. The first-order chi connectivity index (χ1) is 10.3. The number of methoxy groups -OCH3 is 1. The molecule has 0 aliphatic carbocycles. The quantitative estimate of drug-likeness (QED) is 0.341. The number of halogens is 1. The van der Waals surface area contributed by atoms with Gasteiger partial charge in [0, 0.05) is 26.2 Å². The highest BCUT2D eigenvalue weighted by molar-refractivity contribution is 14.0. The molecule has 0 spiro atoms. The van der Waals surface area contributed by atoms with E-state index < -0.39 is 0 Å². The topological polar surface area (TPSA) is 48.9 Å². The molecule has 1 aliphatic heterocycles. The van der Waals surface area contributed by atoms with E-state index in [4.69, 9.17) is 11.2 Å². The summed E-state index contributed by atoms with van der Waals surface area (Å²) in [7, 11) is 3.45. The molecule has 120 valence electrons. The lowest BCUT2D eigenvalue weighted by atomic mass is 10.2. The molecule has 1 fully saturated rings. The van der Waals surface area contributed by atoms with Crippen LogP contribution in [0, 0.1) is 12.3 Å². The first-order valence-corrected chi connectivity index (χ1v) is 7.07. The fraction of sp³-hybridized carbons (Fsp3) is 0.438. The summed E-state index contributed by atoms with van der Waals surface area (Å²) in [5.41, 5.74) is 1.14. The largest absolute Gasteiger partial charge is 0.495 e. The summed E-state index contributed by atoms with van der Waals surface area (Å²) in [5.74, 6) is 4.21. The van der Waals surface area contributed by atoms with E-state index in [1.165, 1.54) is 0 Å². The zero-order valence-electron chi connectivity index (χ0n) is 13.0. The molecule has 2 rings (SSSR count). The summed E-state index contributed by atoms with van der Waals surface area (Å²) < 4.78 is 5.43. The molecule has 0 aromatic heterocycles. The fourth-order valence-electron chi connectivity index (χ4n) is 2.51. The van der Waals surface area contributed by atoms with Gasteiger partial charge in [0.05, 0.1) is 19.3 Å². The van der Waals surface area contributed by atoms with Crippen molar-refractivity contribution < 1.29 is 4.74 Å². The van der Waals surface area contributed by atoms with Crippen molar-refractivity contribution >= 4 is 35.6 Å². The molecule has 1 heterocycles. The molecule has 1 aromatic carbocycles. The average Bonchev–Trinajstić information content (AvgIpc) is 2.99. The van der Waals surface area contributed by atoms with Crippen molar-refractivity contribution in [3.05, 3.63) is 24.3 Å². The number of hydrogen-bond acceptors (Lipinski definition) is 3. The normalized spacial score (nSPS) is 17.4. The minimum atomic E-state index is 0. The van der Waals surface area contributed by atoms with Gasteiger partial charge in [-0.05, 0) is 18.6 Å². The predicted octanol–water partition coefficient (Wildman–Crippen LogP) is 1.69. The molecule has 0 saturated carbocycles. The van der Waals surface area contributed by atoms with Crippen molar-refractivity contribution in [1.82, 2.24) is 10.6 Å². The number of nitrogens with zero attached hydrogens (tertiary/aromatic N) is 2. The Hall–Kier alpha value is -1.62. The van der Waals surface area contributed by atoms with Crippen LogP contribution in [0.25, 0.3) is 0 Å². The van der Waals surface area contributed by atoms with Gasteiger partial charge in [-0.25, -0.2) is 0 Å². The van der Waals surface area contributed by atoms with Crippen LogP contribution in [-0.4, -0.2) is 45.8 Å². The zero-order chi connectivity index (χ0) is 15.1. The van der Waals surface area contributed by atoms with E-state index in [0.717, 1.165) is 36.9 Å². The van der Waals surface area contributed by atoms with E-state index >= 15 is 0 Å². The molecule has 1 atom stereocenters. The van der Waals surface area contributed by atoms with Crippen LogP contribution >= 0.6 is 24.0 Å². The number of hydrogen-bond donors (Lipinski definition) is 2. The van der Waals surface area contributed by atoms with Gasteiger partial charge in [-0.3, -0.25) is 4.99 Å². The van der Waals surface area contributed by atoms with Crippen molar-refractivity contribution in [2.24, 2.45) is 4.99 Å². The van der Waals surface area contributed by atoms with Gasteiger partial charge < -0.3 is 20.3 Å². The van der Waals surface area contributed by atoms with Gasteiger partial charge in [-0.1, -0.05) is 18.1 Å².